The number of nitrogens with zero attached hydrogens (tertiary/aromatic N) is 1. The lowest BCUT2D eigenvalue weighted by molar-refractivity contribution is -0.121. The first-order chi connectivity index (χ1) is 16.3. The molecule has 0 saturated carbocycles. The van der Waals surface area contributed by atoms with E-state index in [4.69, 9.17) is 22.1 Å². The van der Waals surface area contributed by atoms with E-state index in [1.807, 2.05) is 0 Å². The van der Waals surface area contributed by atoms with Gasteiger partial charge in [0.2, 0.25) is 0 Å². The normalized spacial score (nSPS) is 21.7. The minimum atomic E-state index is -0.602. The van der Waals surface area contributed by atoms with Crippen LogP contribution in [0.5, 0.6) is 5.75 Å². The maximum Gasteiger partial charge on any atom is 0.255 e. The molecule has 1 aromatic carbocycles. The fourth-order valence-corrected chi connectivity index (χ4v) is 6.06. The zero-order chi connectivity index (χ0) is 25.7. The standard InChI is InChI=1S/C28H35ClN2O4/c1-6-9-31-18-11-27(2,3)13-20(32)25(18)24(26-19(31)12-28(4,5)14-21(26)33)17-10-16(29)7-8-22(17)35-15-23(30)34/h7-8,10,24H,6,9,11-15H2,1-5H3,(H2,30,34). The predicted molar refractivity (Wildman–Crippen MR) is 136 cm³/mol. The second-order valence-electron chi connectivity index (χ2n) is 11.6. The van der Waals surface area contributed by atoms with E-state index in [1.54, 1.807) is 18.2 Å². The van der Waals surface area contributed by atoms with Crippen LogP contribution in [0.1, 0.15) is 78.2 Å². The maximum atomic E-state index is 13.8. The number of carbonyl (C=O) groups excluding carboxylic acids is 3. The van der Waals surface area contributed by atoms with E-state index in [2.05, 4.69) is 39.5 Å². The molecular formula is C28H35ClN2O4. The summed E-state index contributed by atoms with van der Waals surface area (Å²) in [6.07, 6.45) is 3.19. The summed E-state index contributed by atoms with van der Waals surface area (Å²) >= 11 is 6.43. The van der Waals surface area contributed by atoms with Crippen LogP contribution in [-0.2, 0) is 14.4 Å². The van der Waals surface area contributed by atoms with Crippen molar-refractivity contribution < 1.29 is 19.1 Å². The van der Waals surface area contributed by atoms with Gasteiger partial charge in [0.1, 0.15) is 5.75 Å². The van der Waals surface area contributed by atoms with Gasteiger partial charge in [-0.15, -0.1) is 0 Å². The molecule has 7 heteroatoms. The smallest absolute Gasteiger partial charge is 0.255 e. The summed E-state index contributed by atoms with van der Waals surface area (Å²) in [4.78, 5) is 41.3. The van der Waals surface area contributed by atoms with Crippen molar-refractivity contribution in [2.24, 2.45) is 16.6 Å². The Kier molecular flexibility index (Phi) is 6.64. The first kappa shape index (κ1) is 25.5. The van der Waals surface area contributed by atoms with Gasteiger partial charge in [-0.25, -0.2) is 0 Å². The first-order valence-corrected chi connectivity index (χ1v) is 12.7. The zero-order valence-electron chi connectivity index (χ0n) is 21.3. The molecule has 0 radical (unpaired) electrons. The number of carbonyl (C=O) groups is 3. The Labute approximate surface area is 212 Å². The van der Waals surface area contributed by atoms with Crippen molar-refractivity contribution >= 4 is 29.1 Å². The van der Waals surface area contributed by atoms with Crippen molar-refractivity contribution in [1.29, 1.82) is 0 Å². The second kappa shape index (κ2) is 9.12. The summed E-state index contributed by atoms with van der Waals surface area (Å²) in [6.45, 7) is 11.0. The Morgan fingerprint density at radius 3 is 2.06 bits per heavy atom. The molecule has 2 N–H and O–H groups in total. The fourth-order valence-electron chi connectivity index (χ4n) is 5.88. The number of ketones is 2. The van der Waals surface area contributed by atoms with Crippen LogP contribution in [0.15, 0.2) is 40.7 Å². The minimum absolute atomic E-state index is 0.0485. The van der Waals surface area contributed by atoms with Crippen molar-refractivity contribution in [2.45, 2.75) is 72.6 Å². The lowest BCUT2D eigenvalue weighted by Gasteiger charge is -2.49. The van der Waals surface area contributed by atoms with Gasteiger partial charge < -0.3 is 15.4 Å². The number of halogens is 1. The number of allylic oxidation sites excluding steroid dienone is 4. The topological polar surface area (TPSA) is 89.7 Å². The number of primary amides is 1. The van der Waals surface area contributed by atoms with Crippen molar-refractivity contribution in [2.75, 3.05) is 13.2 Å². The molecule has 1 aliphatic heterocycles. The van der Waals surface area contributed by atoms with Crippen LogP contribution in [0.3, 0.4) is 0 Å². The van der Waals surface area contributed by atoms with Gasteiger partial charge in [-0.3, -0.25) is 14.4 Å². The third kappa shape index (κ3) is 4.90. The largest absolute Gasteiger partial charge is 0.483 e. The van der Waals surface area contributed by atoms with Crippen LogP contribution in [0.25, 0.3) is 0 Å². The monoisotopic (exact) mass is 498 g/mol. The van der Waals surface area contributed by atoms with Gasteiger partial charge in [-0.2, -0.15) is 0 Å². The molecule has 1 amide bonds. The molecular weight excluding hydrogens is 464 g/mol. The van der Waals surface area contributed by atoms with Crippen LogP contribution in [0, 0.1) is 10.8 Å². The van der Waals surface area contributed by atoms with Gasteiger partial charge in [0, 0.05) is 58.4 Å². The van der Waals surface area contributed by atoms with Gasteiger partial charge in [0.05, 0.1) is 0 Å². The van der Waals surface area contributed by atoms with Gasteiger partial charge in [-0.05, 0) is 48.3 Å². The third-order valence-electron chi connectivity index (χ3n) is 7.12. The van der Waals surface area contributed by atoms with Crippen LogP contribution in [0.4, 0.5) is 0 Å². The summed E-state index contributed by atoms with van der Waals surface area (Å²) in [6, 6.07) is 5.12. The summed E-state index contributed by atoms with van der Waals surface area (Å²) in [5, 5.41) is 0.471. The molecule has 0 spiro atoms. The van der Waals surface area contributed by atoms with Crippen LogP contribution >= 0.6 is 11.6 Å². The van der Waals surface area contributed by atoms with Crippen molar-refractivity contribution in [3.8, 4) is 5.75 Å². The van der Waals surface area contributed by atoms with E-state index >= 15 is 0 Å². The Balaban J connectivity index is 2.01. The molecule has 188 valence electrons. The van der Waals surface area contributed by atoms with Gasteiger partial charge in [0.15, 0.2) is 18.2 Å². The van der Waals surface area contributed by atoms with Crippen molar-refractivity contribution in [3.63, 3.8) is 0 Å². The summed E-state index contributed by atoms with van der Waals surface area (Å²) in [7, 11) is 0. The lowest BCUT2D eigenvalue weighted by atomic mass is 9.63. The number of rotatable bonds is 6. The van der Waals surface area contributed by atoms with Crippen LogP contribution < -0.4 is 10.5 Å². The lowest BCUT2D eigenvalue weighted by Crippen LogP contribution is -2.44. The summed E-state index contributed by atoms with van der Waals surface area (Å²) < 4.78 is 5.78. The first-order valence-electron chi connectivity index (χ1n) is 12.3. The third-order valence-corrected chi connectivity index (χ3v) is 7.36. The van der Waals surface area contributed by atoms with E-state index < -0.39 is 11.8 Å². The number of benzene rings is 1. The average molecular weight is 499 g/mol. The summed E-state index contributed by atoms with van der Waals surface area (Å²) in [5.74, 6) is -0.674. The van der Waals surface area contributed by atoms with E-state index in [9.17, 15) is 14.4 Å². The SMILES string of the molecule is CCCN1C2=C(C(=O)CC(C)(C)C2)C(c2cc(Cl)ccc2OCC(N)=O)C2=C1CC(C)(C)CC2=O. The van der Waals surface area contributed by atoms with Crippen LogP contribution in [-0.4, -0.2) is 35.5 Å². The molecule has 3 aliphatic rings. The zero-order valence-corrected chi connectivity index (χ0v) is 22.1. The molecule has 0 fully saturated rings. The molecule has 0 bridgehead atoms. The number of nitrogens with two attached hydrogens (primary N) is 1. The fraction of sp³-hybridized carbons (Fsp3) is 0.536. The molecule has 0 unspecified atom stereocenters. The highest BCUT2D eigenvalue weighted by molar-refractivity contribution is 6.30. The van der Waals surface area contributed by atoms with Gasteiger partial charge in [-0.1, -0.05) is 46.2 Å². The Bertz CT molecular complexity index is 1110. The predicted octanol–water partition coefficient (Wildman–Crippen LogP) is 5.30. The Morgan fingerprint density at radius 2 is 1.57 bits per heavy atom. The number of hydrogen-bond acceptors (Lipinski definition) is 5. The Hall–Kier alpha value is -2.60. The molecule has 1 aromatic rings. The highest BCUT2D eigenvalue weighted by Gasteiger charge is 2.49. The van der Waals surface area contributed by atoms with E-state index in [-0.39, 0.29) is 29.0 Å². The molecule has 2 aliphatic carbocycles. The molecule has 35 heavy (non-hydrogen) atoms. The number of ether oxygens (including phenoxy) is 1. The molecule has 6 nitrogen and oxygen atoms in total. The quantitative estimate of drug-likeness (QED) is 0.574. The molecule has 0 aromatic heterocycles. The maximum absolute atomic E-state index is 13.8. The highest BCUT2D eigenvalue weighted by atomic mass is 35.5. The average Bonchev–Trinajstić information content (AvgIpc) is 2.72. The van der Waals surface area contributed by atoms with E-state index in [0.717, 1.165) is 37.2 Å². The summed E-state index contributed by atoms with van der Waals surface area (Å²) in [5.41, 5.74) is 8.95. The number of hydrogen-bond donors (Lipinski definition) is 1. The van der Waals surface area contributed by atoms with Crippen LogP contribution in [0.2, 0.25) is 5.02 Å². The van der Waals surface area contributed by atoms with E-state index in [0.29, 0.717) is 40.3 Å². The van der Waals surface area contributed by atoms with Gasteiger partial charge >= 0.3 is 0 Å². The van der Waals surface area contributed by atoms with E-state index in [1.165, 1.54) is 0 Å². The second-order valence-corrected chi connectivity index (χ2v) is 12.1. The molecule has 4 rings (SSSR count). The minimum Gasteiger partial charge on any atom is -0.483 e. The number of amides is 1. The highest BCUT2D eigenvalue weighted by Crippen LogP contribution is 2.55. The van der Waals surface area contributed by atoms with Crippen molar-refractivity contribution in [1.82, 2.24) is 4.90 Å². The molecule has 0 saturated heterocycles. The molecule has 1 heterocycles. The van der Waals surface area contributed by atoms with Gasteiger partial charge in [0.25, 0.3) is 5.91 Å². The molecule has 0 atom stereocenters. The number of Topliss-reactive ketones (excluding diaryl/α,β-unsaturated/α-hetero) is 2. The van der Waals surface area contributed by atoms with Crippen molar-refractivity contribution in [3.05, 3.63) is 51.3 Å². The Morgan fingerprint density at radius 1 is 1.03 bits per heavy atom.